The maximum absolute atomic E-state index is 8.96. The Morgan fingerprint density at radius 3 is 2.56 bits per heavy atom. The van der Waals surface area contributed by atoms with Crippen molar-refractivity contribution in [2.45, 2.75) is 64.0 Å². The fourth-order valence-corrected chi connectivity index (χ4v) is 4.89. The normalized spacial score (nSPS) is 17.2. The molecule has 0 amide bonds. The number of fused-ring (bicyclic) bond motifs is 1. The second-order valence-corrected chi connectivity index (χ2v) is 9.43. The highest BCUT2D eigenvalue weighted by Gasteiger charge is 2.22. The molecule has 1 aromatic carbocycles. The standard InChI is InChI=1S/C26H35N5O/c32-15-14-27-16-20-8-10-21(11-9-20)24-18-31(22-4-2-1-3-5-22)25-23(24)17-29-26(30-25)28-13-12-19-6-7-19/h8-11,17-19,22,27,32H,1-7,12-16H2,(H,28,29,30). The van der Waals surface area contributed by atoms with Crippen molar-refractivity contribution in [2.24, 2.45) is 5.92 Å². The molecule has 6 heteroatoms. The van der Waals surface area contributed by atoms with E-state index in [1.807, 2.05) is 6.20 Å². The van der Waals surface area contributed by atoms with Gasteiger partial charge in [-0.25, -0.2) is 4.98 Å². The number of nitrogens with zero attached hydrogens (tertiary/aromatic N) is 3. The van der Waals surface area contributed by atoms with E-state index in [9.17, 15) is 0 Å². The third-order valence-electron chi connectivity index (χ3n) is 6.95. The van der Waals surface area contributed by atoms with Gasteiger partial charge in [0.2, 0.25) is 5.95 Å². The lowest BCUT2D eigenvalue weighted by atomic mass is 9.95. The lowest BCUT2D eigenvalue weighted by Gasteiger charge is -2.23. The van der Waals surface area contributed by atoms with E-state index in [1.165, 1.54) is 68.1 Å². The number of aliphatic hydroxyl groups excluding tert-OH is 1. The minimum Gasteiger partial charge on any atom is -0.395 e. The van der Waals surface area contributed by atoms with Crippen LogP contribution in [0, 0.1) is 5.92 Å². The zero-order chi connectivity index (χ0) is 21.8. The molecule has 2 aliphatic carbocycles. The topological polar surface area (TPSA) is 75.0 Å². The van der Waals surface area contributed by atoms with Gasteiger partial charge in [-0.2, -0.15) is 4.98 Å². The van der Waals surface area contributed by atoms with Gasteiger partial charge in [0.15, 0.2) is 0 Å². The van der Waals surface area contributed by atoms with Gasteiger partial charge in [-0.15, -0.1) is 0 Å². The molecule has 3 N–H and O–H groups in total. The van der Waals surface area contributed by atoms with Crippen molar-refractivity contribution < 1.29 is 5.11 Å². The number of hydrogen-bond donors (Lipinski definition) is 3. The van der Waals surface area contributed by atoms with Crippen molar-refractivity contribution in [3.05, 3.63) is 42.2 Å². The van der Waals surface area contributed by atoms with Crippen LogP contribution in [0.5, 0.6) is 0 Å². The minimum atomic E-state index is 0.163. The second kappa shape index (κ2) is 10.0. The van der Waals surface area contributed by atoms with E-state index in [4.69, 9.17) is 10.1 Å². The third-order valence-corrected chi connectivity index (χ3v) is 6.95. The highest BCUT2D eigenvalue weighted by molar-refractivity contribution is 5.94. The van der Waals surface area contributed by atoms with Gasteiger partial charge in [0.25, 0.3) is 0 Å². The monoisotopic (exact) mass is 433 g/mol. The van der Waals surface area contributed by atoms with Gasteiger partial charge in [0, 0.05) is 49.0 Å². The van der Waals surface area contributed by atoms with Crippen LogP contribution in [-0.2, 0) is 6.54 Å². The highest BCUT2D eigenvalue weighted by atomic mass is 16.3. The first-order valence-electron chi connectivity index (χ1n) is 12.3. The zero-order valence-electron chi connectivity index (χ0n) is 18.9. The summed E-state index contributed by atoms with van der Waals surface area (Å²) in [5, 5.41) is 16.8. The molecule has 0 aliphatic heterocycles. The molecule has 3 aromatic rings. The average molecular weight is 434 g/mol. The van der Waals surface area contributed by atoms with E-state index in [2.05, 4.69) is 50.6 Å². The molecule has 0 spiro atoms. The van der Waals surface area contributed by atoms with E-state index in [-0.39, 0.29) is 6.61 Å². The van der Waals surface area contributed by atoms with Gasteiger partial charge in [-0.1, -0.05) is 56.4 Å². The lowest BCUT2D eigenvalue weighted by molar-refractivity contribution is 0.292. The Kier molecular flexibility index (Phi) is 6.69. The number of anilines is 1. The van der Waals surface area contributed by atoms with Crippen molar-refractivity contribution in [3.63, 3.8) is 0 Å². The minimum absolute atomic E-state index is 0.163. The quantitative estimate of drug-likeness (QED) is 0.397. The van der Waals surface area contributed by atoms with Gasteiger partial charge in [-0.3, -0.25) is 0 Å². The zero-order valence-corrected chi connectivity index (χ0v) is 18.9. The van der Waals surface area contributed by atoms with E-state index in [1.54, 1.807) is 0 Å². The van der Waals surface area contributed by atoms with Crippen molar-refractivity contribution in [3.8, 4) is 11.1 Å². The third kappa shape index (κ3) is 4.97. The Hall–Kier alpha value is -2.44. The summed E-state index contributed by atoms with van der Waals surface area (Å²) in [4.78, 5) is 9.66. The molecule has 2 fully saturated rings. The first-order chi connectivity index (χ1) is 15.8. The van der Waals surface area contributed by atoms with Gasteiger partial charge < -0.3 is 20.3 Å². The summed E-state index contributed by atoms with van der Waals surface area (Å²) in [5.41, 5.74) is 4.69. The number of rotatable bonds is 10. The second-order valence-electron chi connectivity index (χ2n) is 9.43. The van der Waals surface area contributed by atoms with Crippen molar-refractivity contribution in [2.75, 3.05) is 25.0 Å². The molecule has 5 rings (SSSR count). The summed E-state index contributed by atoms with van der Waals surface area (Å²) < 4.78 is 2.42. The molecule has 2 aliphatic rings. The van der Waals surface area contributed by atoms with Crippen LogP contribution in [0.25, 0.3) is 22.2 Å². The van der Waals surface area contributed by atoms with Crippen LogP contribution in [0.15, 0.2) is 36.7 Å². The van der Waals surface area contributed by atoms with Gasteiger partial charge in [-0.05, 0) is 36.3 Å². The molecule has 0 radical (unpaired) electrons. The summed E-state index contributed by atoms with van der Waals surface area (Å²) in [6.45, 7) is 2.50. The Morgan fingerprint density at radius 2 is 1.81 bits per heavy atom. The number of hydrogen-bond acceptors (Lipinski definition) is 5. The molecule has 2 aromatic heterocycles. The SMILES string of the molecule is OCCNCc1ccc(-c2cn(C3CCCCC3)c3nc(NCCC4CC4)ncc23)cc1. The molecule has 0 atom stereocenters. The molecule has 2 heterocycles. The van der Waals surface area contributed by atoms with Crippen LogP contribution in [0.1, 0.15) is 63.0 Å². The summed E-state index contributed by atoms with van der Waals surface area (Å²) in [6, 6.07) is 9.24. The summed E-state index contributed by atoms with van der Waals surface area (Å²) in [5.74, 6) is 1.66. The van der Waals surface area contributed by atoms with Crippen LogP contribution in [0.4, 0.5) is 5.95 Å². The van der Waals surface area contributed by atoms with Crippen LogP contribution < -0.4 is 10.6 Å². The number of nitrogens with one attached hydrogen (secondary N) is 2. The van der Waals surface area contributed by atoms with Crippen molar-refractivity contribution in [1.82, 2.24) is 19.9 Å². The molecule has 2 saturated carbocycles. The predicted octanol–water partition coefficient (Wildman–Crippen LogP) is 4.90. The van der Waals surface area contributed by atoms with Crippen LogP contribution in [0.2, 0.25) is 0 Å². The fraction of sp³-hybridized carbons (Fsp3) is 0.538. The molecular weight excluding hydrogens is 398 g/mol. The number of benzene rings is 1. The molecular formula is C26H35N5O. The first-order valence-corrected chi connectivity index (χ1v) is 12.3. The van der Waals surface area contributed by atoms with Crippen LogP contribution in [-0.4, -0.2) is 39.3 Å². The molecule has 0 saturated heterocycles. The lowest BCUT2D eigenvalue weighted by Crippen LogP contribution is -2.17. The van der Waals surface area contributed by atoms with Crippen molar-refractivity contribution in [1.29, 1.82) is 0 Å². The Bertz CT molecular complexity index is 1020. The smallest absolute Gasteiger partial charge is 0.224 e. The summed E-state index contributed by atoms with van der Waals surface area (Å²) in [6.07, 6.45) is 14.7. The molecule has 0 unspecified atom stereocenters. The summed E-state index contributed by atoms with van der Waals surface area (Å²) >= 11 is 0. The fourth-order valence-electron chi connectivity index (χ4n) is 4.89. The Balaban J connectivity index is 1.43. The summed E-state index contributed by atoms with van der Waals surface area (Å²) in [7, 11) is 0. The molecule has 32 heavy (non-hydrogen) atoms. The highest BCUT2D eigenvalue weighted by Crippen LogP contribution is 2.37. The predicted molar refractivity (Wildman–Crippen MR) is 130 cm³/mol. The first kappa shape index (κ1) is 21.4. The molecule has 170 valence electrons. The Labute approximate surface area is 190 Å². The maximum Gasteiger partial charge on any atom is 0.224 e. The van der Waals surface area contributed by atoms with Crippen LogP contribution >= 0.6 is 0 Å². The largest absolute Gasteiger partial charge is 0.395 e. The maximum atomic E-state index is 8.96. The van der Waals surface area contributed by atoms with E-state index in [0.717, 1.165) is 36.0 Å². The van der Waals surface area contributed by atoms with Gasteiger partial charge in [0.1, 0.15) is 5.65 Å². The molecule has 0 bridgehead atoms. The van der Waals surface area contributed by atoms with Gasteiger partial charge >= 0.3 is 0 Å². The van der Waals surface area contributed by atoms with Crippen molar-refractivity contribution >= 4 is 17.0 Å². The molecule has 6 nitrogen and oxygen atoms in total. The average Bonchev–Trinajstić information content (AvgIpc) is 3.59. The van der Waals surface area contributed by atoms with Gasteiger partial charge in [0.05, 0.1) is 6.61 Å². The number of aliphatic hydroxyl groups is 1. The van der Waals surface area contributed by atoms with E-state index < -0.39 is 0 Å². The van der Waals surface area contributed by atoms with E-state index >= 15 is 0 Å². The Morgan fingerprint density at radius 1 is 1.00 bits per heavy atom. The van der Waals surface area contributed by atoms with E-state index in [0.29, 0.717) is 12.6 Å². The number of aromatic nitrogens is 3. The van der Waals surface area contributed by atoms with Crippen LogP contribution in [0.3, 0.4) is 0 Å².